The van der Waals surface area contributed by atoms with Gasteiger partial charge in [-0.25, -0.2) is 9.78 Å². The van der Waals surface area contributed by atoms with E-state index in [1.165, 1.54) is 6.20 Å². The molecule has 0 saturated carbocycles. The number of benzene rings is 1. The minimum atomic E-state index is -0.377. The lowest BCUT2D eigenvalue weighted by Gasteiger charge is -2.06. The molecule has 1 aromatic carbocycles. The second kappa shape index (κ2) is 5.82. The van der Waals surface area contributed by atoms with E-state index < -0.39 is 0 Å². The van der Waals surface area contributed by atoms with Gasteiger partial charge in [-0.3, -0.25) is 0 Å². The van der Waals surface area contributed by atoms with Crippen molar-refractivity contribution in [1.82, 2.24) is 4.98 Å². The molecule has 0 radical (unpaired) electrons. The smallest absolute Gasteiger partial charge is 0.338 e. The van der Waals surface area contributed by atoms with Crippen molar-refractivity contribution in [2.45, 2.75) is 6.92 Å². The maximum absolute atomic E-state index is 11.5. The van der Waals surface area contributed by atoms with Gasteiger partial charge in [-0.1, -0.05) is 18.2 Å². The second-order valence-electron chi connectivity index (χ2n) is 3.52. The Balaban J connectivity index is 2.15. The van der Waals surface area contributed by atoms with Crippen molar-refractivity contribution in [3.05, 3.63) is 54.2 Å². The van der Waals surface area contributed by atoms with Crippen LogP contribution in [0.5, 0.6) is 11.6 Å². The number of hydrogen-bond donors (Lipinski definition) is 0. The number of aromatic nitrogens is 1. The Labute approximate surface area is 105 Å². The normalized spacial score (nSPS) is 9.83. The van der Waals surface area contributed by atoms with Gasteiger partial charge < -0.3 is 9.47 Å². The summed E-state index contributed by atoms with van der Waals surface area (Å²) in [6.45, 7) is 2.11. The molecule has 0 aliphatic rings. The van der Waals surface area contributed by atoms with E-state index in [1.54, 1.807) is 19.1 Å². The van der Waals surface area contributed by atoms with Gasteiger partial charge in [0.2, 0.25) is 5.88 Å². The number of pyridine rings is 1. The lowest BCUT2D eigenvalue weighted by Crippen LogP contribution is -2.04. The summed E-state index contributed by atoms with van der Waals surface area (Å²) >= 11 is 0. The van der Waals surface area contributed by atoms with E-state index in [-0.39, 0.29) is 5.97 Å². The molecule has 1 heterocycles. The Morgan fingerprint density at radius 3 is 2.72 bits per heavy atom. The number of hydrogen-bond acceptors (Lipinski definition) is 4. The van der Waals surface area contributed by atoms with E-state index in [9.17, 15) is 4.79 Å². The number of rotatable bonds is 4. The molecule has 4 nitrogen and oxygen atoms in total. The monoisotopic (exact) mass is 243 g/mol. The number of esters is 1. The van der Waals surface area contributed by atoms with Crippen LogP contribution in [0.1, 0.15) is 17.3 Å². The third kappa shape index (κ3) is 3.07. The average Bonchev–Trinajstić information content (AvgIpc) is 2.40. The van der Waals surface area contributed by atoms with Crippen LogP contribution in [0.25, 0.3) is 0 Å². The molecule has 2 aromatic rings. The van der Waals surface area contributed by atoms with Crippen molar-refractivity contribution >= 4 is 5.97 Å². The predicted molar refractivity (Wildman–Crippen MR) is 66.7 cm³/mol. The highest BCUT2D eigenvalue weighted by atomic mass is 16.5. The Bertz CT molecular complexity index is 526. The highest BCUT2D eigenvalue weighted by Crippen LogP contribution is 2.19. The van der Waals surface area contributed by atoms with E-state index in [0.717, 1.165) is 0 Å². The molecular formula is C14H13NO3. The van der Waals surface area contributed by atoms with Crippen LogP contribution in [0.15, 0.2) is 48.7 Å². The number of nitrogens with zero attached hydrogens (tertiary/aromatic N) is 1. The van der Waals surface area contributed by atoms with E-state index in [4.69, 9.17) is 9.47 Å². The minimum absolute atomic E-state index is 0.343. The molecule has 0 bridgehead atoms. The van der Waals surface area contributed by atoms with Gasteiger partial charge in [0, 0.05) is 12.3 Å². The SMILES string of the molecule is CCOC(=O)c1ccnc(Oc2ccccc2)c1. The van der Waals surface area contributed by atoms with Crippen molar-refractivity contribution < 1.29 is 14.3 Å². The maximum Gasteiger partial charge on any atom is 0.338 e. The molecule has 0 amide bonds. The van der Waals surface area contributed by atoms with Crippen LogP contribution in [0, 0.1) is 0 Å². The zero-order chi connectivity index (χ0) is 12.8. The summed E-state index contributed by atoms with van der Waals surface area (Å²) in [4.78, 5) is 15.6. The Hall–Kier alpha value is -2.36. The van der Waals surface area contributed by atoms with Crippen LogP contribution in [-0.2, 0) is 4.74 Å². The van der Waals surface area contributed by atoms with Crippen molar-refractivity contribution in [2.24, 2.45) is 0 Å². The van der Waals surface area contributed by atoms with E-state index in [1.807, 2.05) is 30.3 Å². The first kappa shape index (κ1) is 12.1. The summed E-state index contributed by atoms with van der Waals surface area (Å²) < 4.78 is 10.4. The Morgan fingerprint density at radius 2 is 2.00 bits per heavy atom. The second-order valence-corrected chi connectivity index (χ2v) is 3.52. The molecule has 0 aliphatic carbocycles. The Kier molecular flexibility index (Phi) is 3.91. The fraction of sp³-hybridized carbons (Fsp3) is 0.143. The van der Waals surface area contributed by atoms with Crippen molar-refractivity contribution in [3.8, 4) is 11.6 Å². The summed E-state index contributed by atoms with van der Waals surface area (Å²) in [5.74, 6) is 0.663. The highest BCUT2D eigenvalue weighted by Gasteiger charge is 2.08. The number of carbonyl (C=O) groups is 1. The fourth-order valence-corrected chi connectivity index (χ4v) is 1.42. The van der Waals surface area contributed by atoms with Gasteiger partial charge in [0.15, 0.2) is 0 Å². The van der Waals surface area contributed by atoms with Gasteiger partial charge >= 0.3 is 5.97 Å². The lowest BCUT2D eigenvalue weighted by atomic mass is 10.3. The average molecular weight is 243 g/mol. The van der Waals surface area contributed by atoms with Gasteiger partial charge in [-0.15, -0.1) is 0 Å². The molecule has 0 saturated heterocycles. The third-order valence-electron chi connectivity index (χ3n) is 2.21. The van der Waals surface area contributed by atoms with Crippen molar-refractivity contribution in [3.63, 3.8) is 0 Å². The van der Waals surface area contributed by atoms with Crippen LogP contribution >= 0.6 is 0 Å². The lowest BCUT2D eigenvalue weighted by molar-refractivity contribution is 0.0526. The standard InChI is InChI=1S/C14H13NO3/c1-2-17-14(16)11-8-9-15-13(10-11)18-12-6-4-3-5-7-12/h3-10H,2H2,1H3. The summed E-state index contributed by atoms with van der Waals surface area (Å²) in [6, 6.07) is 12.4. The number of para-hydroxylation sites is 1. The van der Waals surface area contributed by atoms with E-state index >= 15 is 0 Å². The predicted octanol–water partition coefficient (Wildman–Crippen LogP) is 3.05. The molecule has 0 aliphatic heterocycles. The van der Waals surface area contributed by atoms with Gasteiger partial charge in [-0.2, -0.15) is 0 Å². The molecule has 4 heteroatoms. The largest absolute Gasteiger partial charge is 0.462 e. The van der Waals surface area contributed by atoms with Gasteiger partial charge in [0.25, 0.3) is 0 Å². The zero-order valence-electron chi connectivity index (χ0n) is 10.00. The van der Waals surface area contributed by atoms with Crippen molar-refractivity contribution in [2.75, 3.05) is 6.61 Å². The van der Waals surface area contributed by atoms with Gasteiger partial charge in [-0.05, 0) is 25.1 Å². The molecule has 2 rings (SSSR count). The summed E-state index contributed by atoms with van der Waals surface area (Å²) in [7, 11) is 0. The molecule has 0 spiro atoms. The molecule has 18 heavy (non-hydrogen) atoms. The zero-order valence-corrected chi connectivity index (χ0v) is 10.00. The van der Waals surface area contributed by atoms with E-state index in [0.29, 0.717) is 23.8 Å². The Morgan fingerprint density at radius 1 is 1.22 bits per heavy atom. The first-order valence-electron chi connectivity index (χ1n) is 5.65. The highest BCUT2D eigenvalue weighted by molar-refractivity contribution is 5.89. The number of carbonyl (C=O) groups excluding carboxylic acids is 1. The molecule has 0 unspecified atom stereocenters. The van der Waals surface area contributed by atoms with Crippen LogP contribution in [-0.4, -0.2) is 17.6 Å². The molecule has 0 N–H and O–H groups in total. The molecular weight excluding hydrogens is 230 g/mol. The van der Waals surface area contributed by atoms with Crippen LogP contribution < -0.4 is 4.74 Å². The molecule has 1 aromatic heterocycles. The third-order valence-corrected chi connectivity index (χ3v) is 2.21. The summed E-state index contributed by atoms with van der Waals surface area (Å²) in [5, 5.41) is 0. The quantitative estimate of drug-likeness (QED) is 0.774. The van der Waals surface area contributed by atoms with Gasteiger partial charge in [0.05, 0.1) is 12.2 Å². The molecule has 0 fully saturated rings. The first-order valence-corrected chi connectivity index (χ1v) is 5.65. The van der Waals surface area contributed by atoms with E-state index in [2.05, 4.69) is 4.98 Å². The maximum atomic E-state index is 11.5. The summed E-state index contributed by atoms with van der Waals surface area (Å²) in [5.41, 5.74) is 0.429. The minimum Gasteiger partial charge on any atom is -0.462 e. The van der Waals surface area contributed by atoms with Crippen LogP contribution in [0.4, 0.5) is 0 Å². The number of ether oxygens (including phenoxy) is 2. The van der Waals surface area contributed by atoms with Gasteiger partial charge in [0.1, 0.15) is 5.75 Å². The van der Waals surface area contributed by atoms with Crippen LogP contribution in [0.3, 0.4) is 0 Å². The van der Waals surface area contributed by atoms with Crippen LogP contribution in [0.2, 0.25) is 0 Å². The molecule has 0 atom stereocenters. The fourth-order valence-electron chi connectivity index (χ4n) is 1.42. The first-order chi connectivity index (χ1) is 8.79. The molecule has 92 valence electrons. The summed E-state index contributed by atoms with van der Waals surface area (Å²) in [6.07, 6.45) is 1.52. The topological polar surface area (TPSA) is 48.4 Å². The van der Waals surface area contributed by atoms with Crippen molar-refractivity contribution in [1.29, 1.82) is 0 Å².